The molecule has 0 saturated carbocycles. The number of para-hydroxylation sites is 1. The molecule has 0 atom stereocenters. The first kappa shape index (κ1) is 21.7. The smallest absolute Gasteiger partial charge is 0.272 e. The number of nitrogens with one attached hydrogen (secondary N) is 1. The van der Waals surface area contributed by atoms with Crippen LogP contribution in [0.4, 0.5) is 0 Å². The van der Waals surface area contributed by atoms with Crippen LogP contribution in [0.25, 0.3) is 0 Å². The third-order valence-electron chi connectivity index (χ3n) is 4.28. The standard InChI is InChI=1S/C23H20Cl2N2O3/c1-15-6-8-16(9-7-15)14-30-22-17(4-3-5-21(22)29-2)13-26-27-23(28)19-11-10-18(24)12-20(19)25/h3-13H,14H2,1-2H3,(H,27,28)/b26-13+. The number of nitrogens with zero attached hydrogens (tertiary/aromatic N) is 1. The Kier molecular flexibility index (Phi) is 7.33. The Morgan fingerprint density at radius 1 is 1.10 bits per heavy atom. The zero-order valence-electron chi connectivity index (χ0n) is 16.5. The average Bonchev–Trinajstić information content (AvgIpc) is 2.73. The Morgan fingerprint density at radius 3 is 2.57 bits per heavy atom. The highest BCUT2D eigenvalue weighted by molar-refractivity contribution is 6.36. The van der Waals surface area contributed by atoms with Crippen LogP contribution in [0.15, 0.2) is 65.8 Å². The molecule has 3 rings (SSSR count). The summed E-state index contributed by atoms with van der Waals surface area (Å²) in [5.41, 5.74) is 5.60. The number of rotatable bonds is 7. The maximum atomic E-state index is 12.3. The first-order valence-corrected chi connectivity index (χ1v) is 9.87. The van der Waals surface area contributed by atoms with Gasteiger partial charge in [0.25, 0.3) is 5.91 Å². The van der Waals surface area contributed by atoms with Crippen LogP contribution in [0.3, 0.4) is 0 Å². The molecule has 0 bridgehead atoms. The number of hydrogen-bond donors (Lipinski definition) is 1. The topological polar surface area (TPSA) is 59.9 Å². The van der Waals surface area contributed by atoms with Crippen molar-refractivity contribution in [2.24, 2.45) is 5.10 Å². The molecule has 1 amide bonds. The highest BCUT2D eigenvalue weighted by atomic mass is 35.5. The average molecular weight is 443 g/mol. The SMILES string of the molecule is COc1cccc(/C=N/NC(=O)c2ccc(Cl)cc2Cl)c1OCc1ccc(C)cc1. The van der Waals surface area contributed by atoms with E-state index in [1.54, 1.807) is 19.2 Å². The van der Waals surface area contributed by atoms with E-state index in [2.05, 4.69) is 10.5 Å². The minimum atomic E-state index is -0.446. The van der Waals surface area contributed by atoms with Crippen LogP contribution >= 0.6 is 23.2 Å². The molecule has 0 unspecified atom stereocenters. The van der Waals surface area contributed by atoms with Crippen LogP contribution in [0.1, 0.15) is 27.0 Å². The monoisotopic (exact) mass is 442 g/mol. The van der Waals surface area contributed by atoms with Gasteiger partial charge in [0.15, 0.2) is 11.5 Å². The van der Waals surface area contributed by atoms with Gasteiger partial charge in [-0.05, 0) is 42.8 Å². The molecule has 0 heterocycles. The molecule has 1 N–H and O–H groups in total. The zero-order chi connectivity index (χ0) is 21.5. The van der Waals surface area contributed by atoms with Gasteiger partial charge in [0.2, 0.25) is 0 Å². The van der Waals surface area contributed by atoms with E-state index in [1.165, 1.54) is 23.9 Å². The molecule has 0 aliphatic heterocycles. The van der Waals surface area contributed by atoms with Crippen LogP contribution in [0.5, 0.6) is 11.5 Å². The Labute approximate surface area is 185 Å². The molecule has 154 valence electrons. The van der Waals surface area contributed by atoms with Crippen LogP contribution in [-0.4, -0.2) is 19.2 Å². The van der Waals surface area contributed by atoms with Crippen molar-refractivity contribution in [1.82, 2.24) is 5.43 Å². The summed E-state index contributed by atoms with van der Waals surface area (Å²) in [5, 5.41) is 4.73. The van der Waals surface area contributed by atoms with Crippen LogP contribution in [-0.2, 0) is 6.61 Å². The molecule has 0 radical (unpaired) electrons. The molecular weight excluding hydrogens is 423 g/mol. The lowest BCUT2D eigenvalue weighted by atomic mass is 10.1. The number of aryl methyl sites for hydroxylation is 1. The third kappa shape index (κ3) is 5.53. The van der Waals surface area contributed by atoms with Crippen molar-refractivity contribution in [1.29, 1.82) is 0 Å². The number of methoxy groups -OCH3 is 1. The number of amides is 1. The summed E-state index contributed by atoms with van der Waals surface area (Å²) in [5.74, 6) is 0.652. The Bertz CT molecular complexity index is 1070. The molecule has 5 nitrogen and oxygen atoms in total. The van der Waals surface area contributed by atoms with Crippen molar-refractivity contribution in [2.45, 2.75) is 13.5 Å². The van der Waals surface area contributed by atoms with E-state index in [9.17, 15) is 4.79 Å². The summed E-state index contributed by atoms with van der Waals surface area (Å²) in [6, 6.07) is 18.1. The van der Waals surface area contributed by atoms with E-state index in [0.29, 0.717) is 28.7 Å². The van der Waals surface area contributed by atoms with Crippen LogP contribution in [0, 0.1) is 6.92 Å². The predicted octanol–water partition coefficient (Wildman–Crippen LogP) is 5.65. The molecule has 3 aromatic carbocycles. The number of hydrazone groups is 1. The van der Waals surface area contributed by atoms with Gasteiger partial charge in [-0.2, -0.15) is 5.10 Å². The third-order valence-corrected chi connectivity index (χ3v) is 4.83. The van der Waals surface area contributed by atoms with E-state index >= 15 is 0 Å². The fraction of sp³-hybridized carbons (Fsp3) is 0.130. The summed E-state index contributed by atoms with van der Waals surface area (Å²) in [4.78, 5) is 12.3. The second kappa shape index (κ2) is 10.1. The highest BCUT2D eigenvalue weighted by Crippen LogP contribution is 2.31. The molecule has 3 aromatic rings. The first-order valence-electron chi connectivity index (χ1n) is 9.11. The number of carbonyl (C=O) groups is 1. The highest BCUT2D eigenvalue weighted by Gasteiger charge is 2.12. The summed E-state index contributed by atoms with van der Waals surface area (Å²) in [6.45, 7) is 2.40. The minimum absolute atomic E-state index is 0.249. The molecule has 30 heavy (non-hydrogen) atoms. The van der Waals surface area contributed by atoms with Crippen LogP contribution in [0.2, 0.25) is 10.0 Å². The molecule has 0 aromatic heterocycles. The van der Waals surface area contributed by atoms with Crippen molar-refractivity contribution in [2.75, 3.05) is 7.11 Å². The largest absolute Gasteiger partial charge is 0.493 e. The number of benzene rings is 3. The summed E-state index contributed by atoms with van der Waals surface area (Å²) < 4.78 is 11.4. The zero-order valence-corrected chi connectivity index (χ0v) is 18.0. The maximum absolute atomic E-state index is 12.3. The number of hydrogen-bond acceptors (Lipinski definition) is 4. The lowest BCUT2D eigenvalue weighted by Gasteiger charge is -2.13. The van der Waals surface area contributed by atoms with Crippen molar-refractivity contribution in [3.63, 3.8) is 0 Å². The van der Waals surface area contributed by atoms with E-state index in [1.807, 2.05) is 43.3 Å². The maximum Gasteiger partial charge on any atom is 0.272 e. The van der Waals surface area contributed by atoms with Gasteiger partial charge in [-0.25, -0.2) is 5.43 Å². The molecule has 7 heteroatoms. The Morgan fingerprint density at radius 2 is 1.87 bits per heavy atom. The molecular formula is C23H20Cl2N2O3. The number of ether oxygens (including phenoxy) is 2. The van der Waals surface area contributed by atoms with Gasteiger partial charge in [0.05, 0.1) is 23.9 Å². The van der Waals surface area contributed by atoms with Gasteiger partial charge in [-0.1, -0.05) is 59.1 Å². The fourth-order valence-electron chi connectivity index (χ4n) is 2.68. The lowest BCUT2D eigenvalue weighted by Crippen LogP contribution is -2.18. The minimum Gasteiger partial charge on any atom is -0.493 e. The quantitative estimate of drug-likeness (QED) is 0.379. The first-order chi connectivity index (χ1) is 14.5. The van der Waals surface area contributed by atoms with E-state index in [-0.39, 0.29) is 10.6 Å². The molecule has 0 aliphatic rings. The van der Waals surface area contributed by atoms with Gasteiger partial charge in [0.1, 0.15) is 6.61 Å². The summed E-state index contributed by atoms with van der Waals surface area (Å²) in [7, 11) is 1.57. The Balaban J connectivity index is 1.74. The number of halogens is 2. The predicted molar refractivity (Wildman–Crippen MR) is 120 cm³/mol. The van der Waals surface area contributed by atoms with E-state index in [0.717, 1.165) is 5.56 Å². The van der Waals surface area contributed by atoms with Gasteiger partial charge in [0, 0.05) is 10.6 Å². The normalized spacial score (nSPS) is 10.8. The molecule has 0 saturated heterocycles. The fourth-order valence-corrected chi connectivity index (χ4v) is 3.18. The van der Waals surface area contributed by atoms with Gasteiger partial charge < -0.3 is 9.47 Å². The van der Waals surface area contributed by atoms with Crippen molar-refractivity contribution in [3.05, 3.63) is 93.0 Å². The second-order valence-corrected chi connectivity index (χ2v) is 7.32. The van der Waals surface area contributed by atoms with Crippen molar-refractivity contribution >= 4 is 35.3 Å². The second-order valence-electron chi connectivity index (χ2n) is 6.48. The number of carbonyl (C=O) groups excluding carboxylic acids is 1. The lowest BCUT2D eigenvalue weighted by molar-refractivity contribution is 0.0955. The van der Waals surface area contributed by atoms with Crippen molar-refractivity contribution in [3.8, 4) is 11.5 Å². The van der Waals surface area contributed by atoms with E-state index in [4.69, 9.17) is 32.7 Å². The Hall–Kier alpha value is -3.02. The van der Waals surface area contributed by atoms with Crippen molar-refractivity contribution < 1.29 is 14.3 Å². The van der Waals surface area contributed by atoms with Crippen LogP contribution < -0.4 is 14.9 Å². The molecule has 0 aliphatic carbocycles. The molecule has 0 fully saturated rings. The summed E-state index contributed by atoms with van der Waals surface area (Å²) in [6.07, 6.45) is 1.49. The van der Waals surface area contributed by atoms with E-state index < -0.39 is 5.91 Å². The molecule has 0 spiro atoms. The van der Waals surface area contributed by atoms with Gasteiger partial charge in [-0.15, -0.1) is 0 Å². The van der Waals surface area contributed by atoms with Gasteiger partial charge >= 0.3 is 0 Å². The van der Waals surface area contributed by atoms with Gasteiger partial charge in [-0.3, -0.25) is 4.79 Å². The summed E-state index contributed by atoms with van der Waals surface area (Å²) >= 11 is 11.9.